The van der Waals surface area contributed by atoms with Crippen molar-refractivity contribution in [1.29, 1.82) is 0 Å². The zero-order valence-electron chi connectivity index (χ0n) is 21.9. The molecule has 0 radical (unpaired) electrons. The number of aliphatic hydroxyl groups excluding tert-OH is 1. The molecule has 2 aliphatic carbocycles. The fourth-order valence-electron chi connectivity index (χ4n) is 5.29. The minimum absolute atomic E-state index is 0.0895. The second-order valence-corrected chi connectivity index (χ2v) is 11.2. The maximum absolute atomic E-state index is 13.3. The topological polar surface area (TPSA) is 116 Å². The molecule has 36 heavy (non-hydrogen) atoms. The van der Waals surface area contributed by atoms with Gasteiger partial charge in [0.2, 0.25) is 0 Å². The lowest BCUT2D eigenvalue weighted by Gasteiger charge is -2.39. The van der Waals surface area contributed by atoms with Crippen LogP contribution < -0.4 is 9.47 Å². The Balaban J connectivity index is 2.09. The number of hydrogen-bond acceptors (Lipinski definition) is 8. The normalized spacial score (nSPS) is 20.8. The van der Waals surface area contributed by atoms with E-state index in [1.165, 1.54) is 7.11 Å². The van der Waals surface area contributed by atoms with E-state index in [1.807, 2.05) is 27.7 Å². The molecule has 1 fully saturated rings. The molecule has 1 saturated carbocycles. The van der Waals surface area contributed by atoms with E-state index in [4.69, 9.17) is 14.2 Å². The Labute approximate surface area is 212 Å². The van der Waals surface area contributed by atoms with E-state index in [1.54, 1.807) is 25.1 Å². The maximum Gasteiger partial charge on any atom is 0.344 e. The first kappa shape index (κ1) is 27.4. The van der Waals surface area contributed by atoms with Crippen molar-refractivity contribution in [3.8, 4) is 11.5 Å². The molecule has 0 saturated heterocycles. The van der Waals surface area contributed by atoms with Crippen molar-refractivity contribution in [1.82, 2.24) is 0 Å². The van der Waals surface area contributed by atoms with Gasteiger partial charge in [0.1, 0.15) is 17.3 Å². The summed E-state index contributed by atoms with van der Waals surface area (Å²) in [5.74, 6) is -2.90. The van der Waals surface area contributed by atoms with Crippen LogP contribution in [0.4, 0.5) is 0 Å². The molecule has 0 unspecified atom stereocenters. The molecular formula is C28H36O8. The number of benzene rings is 1. The molecule has 0 bridgehead atoms. The van der Waals surface area contributed by atoms with Crippen LogP contribution in [0.15, 0.2) is 29.5 Å². The maximum atomic E-state index is 13.3. The van der Waals surface area contributed by atoms with Gasteiger partial charge in [0, 0.05) is 37.2 Å². The number of esters is 1. The van der Waals surface area contributed by atoms with E-state index < -0.39 is 28.6 Å². The van der Waals surface area contributed by atoms with Crippen molar-refractivity contribution in [2.24, 2.45) is 16.7 Å². The van der Waals surface area contributed by atoms with Crippen LogP contribution in [-0.2, 0) is 23.9 Å². The van der Waals surface area contributed by atoms with Crippen LogP contribution >= 0.6 is 0 Å². The van der Waals surface area contributed by atoms with Crippen molar-refractivity contribution >= 4 is 23.3 Å². The lowest BCUT2D eigenvalue weighted by atomic mass is 9.62. The SMILES string of the molecule is CCOC(=O)COc1ccc([C@H](C2=C(O)CC(C)(C)CC2=O)C2C(=O)CC(C)(C)CC2=O)cc1OC. The molecule has 0 spiro atoms. The average molecular weight is 501 g/mol. The van der Waals surface area contributed by atoms with E-state index in [2.05, 4.69) is 0 Å². The van der Waals surface area contributed by atoms with E-state index >= 15 is 0 Å². The molecule has 1 atom stereocenters. The predicted octanol–water partition coefficient (Wildman–Crippen LogP) is 4.50. The van der Waals surface area contributed by atoms with Gasteiger partial charge in [0.25, 0.3) is 0 Å². The fraction of sp³-hybridized carbons (Fsp3) is 0.571. The Hall–Kier alpha value is -3.16. The summed E-state index contributed by atoms with van der Waals surface area (Å²) in [6.07, 6.45) is 0.862. The van der Waals surface area contributed by atoms with Gasteiger partial charge >= 0.3 is 5.97 Å². The Bertz CT molecular complexity index is 1070. The molecule has 1 aromatic rings. The standard InChI is InChI=1S/C28H36O8/c1-7-35-23(33)15-36-21-9-8-16(10-22(21)34-6)24(25-17(29)11-27(2,3)12-18(25)30)26-19(31)13-28(4,5)14-20(26)32/h8-10,24-25,31H,7,11-15H2,1-6H3/t24-/m0/s1. The summed E-state index contributed by atoms with van der Waals surface area (Å²) in [5.41, 5.74) is -0.299. The first-order valence-corrected chi connectivity index (χ1v) is 12.3. The lowest BCUT2D eigenvalue weighted by Crippen LogP contribution is -2.43. The fourth-order valence-corrected chi connectivity index (χ4v) is 5.29. The number of hydrogen-bond donors (Lipinski definition) is 1. The minimum atomic E-state index is -1.09. The van der Waals surface area contributed by atoms with Crippen LogP contribution in [0.25, 0.3) is 0 Å². The molecule has 1 N–H and O–H groups in total. The molecule has 8 heteroatoms. The van der Waals surface area contributed by atoms with Crippen molar-refractivity contribution in [3.63, 3.8) is 0 Å². The third-order valence-electron chi connectivity index (χ3n) is 6.74. The molecule has 8 nitrogen and oxygen atoms in total. The summed E-state index contributed by atoms with van der Waals surface area (Å²) < 4.78 is 15.9. The monoisotopic (exact) mass is 500 g/mol. The first-order chi connectivity index (χ1) is 16.8. The highest BCUT2D eigenvalue weighted by molar-refractivity contribution is 6.09. The minimum Gasteiger partial charge on any atom is -0.512 e. The van der Waals surface area contributed by atoms with Crippen LogP contribution in [0.3, 0.4) is 0 Å². The molecule has 0 amide bonds. The number of methoxy groups -OCH3 is 1. The van der Waals surface area contributed by atoms with E-state index in [-0.39, 0.29) is 79.1 Å². The highest BCUT2D eigenvalue weighted by Gasteiger charge is 2.48. The van der Waals surface area contributed by atoms with Gasteiger partial charge < -0.3 is 19.3 Å². The largest absolute Gasteiger partial charge is 0.512 e. The number of carbonyl (C=O) groups is 4. The van der Waals surface area contributed by atoms with Crippen LogP contribution in [0, 0.1) is 16.7 Å². The molecule has 196 valence electrons. The van der Waals surface area contributed by atoms with Crippen LogP contribution in [-0.4, -0.2) is 48.7 Å². The number of ether oxygens (including phenoxy) is 3. The van der Waals surface area contributed by atoms with Gasteiger partial charge in [-0.15, -0.1) is 0 Å². The third-order valence-corrected chi connectivity index (χ3v) is 6.74. The van der Waals surface area contributed by atoms with Crippen molar-refractivity contribution in [2.45, 2.75) is 66.2 Å². The van der Waals surface area contributed by atoms with E-state index in [9.17, 15) is 24.3 Å². The highest BCUT2D eigenvalue weighted by atomic mass is 16.6. The summed E-state index contributed by atoms with van der Waals surface area (Å²) in [6, 6.07) is 4.80. The third kappa shape index (κ3) is 5.97. The number of aliphatic hydroxyl groups is 1. The molecule has 1 aromatic carbocycles. The molecule has 2 aliphatic rings. The average Bonchev–Trinajstić information content (AvgIpc) is 2.74. The number of carbonyl (C=O) groups excluding carboxylic acids is 4. The number of rotatable bonds is 8. The Morgan fingerprint density at radius 1 is 1.00 bits per heavy atom. The molecule has 3 rings (SSSR count). The number of ketones is 3. The first-order valence-electron chi connectivity index (χ1n) is 12.3. The van der Waals surface area contributed by atoms with Gasteiger partial charge in [-0.05, 0) is 35.4 Å². The van der Waals surface area contributed by atoms with Gasteiger partial charge in [-0.3, -0.25) is 14.4 Å². The van der Waals surface area contributed by atoms with Crippen molar-refractivity contribution < 1.29 is 38.5 Å². The van der Waals surface area contributed by atoms with E-state index in [0.29, 0.717) is 5.56 Å². The summed E-state index contributed by atoms with van der Waals surface area (Å²) in [5, 5.41) is 11.0. The highest BCUT2D eigenvalue weighted by Crippen LogP contribution is 2.48. The molecule has 0 aliphatic heterocycles. The molecule has 0 aromatic heterocycles. The van der Waals surface area contributed by atoms with Crippen molar-refractivity contribution in [3.05, 3.63) is 35.1 Å². The van der Waals surface area contributed by atoms with E-state index in [0.717, 1.165) is 0 Å². The van der Waals surface area contributed by atoms with Gasteiger partial charge in [-0.25, -0.2) is 4.79 Å². The zero-order chi connectivity index (χ0) is 26.8. The van der Waals surface area contributed by atoms with Crippen molar-refractivity contribution in [2.75, 3.05) is 20.3 Å². The lowest BCUT2D eigenvalue weighted by molar-refractivity contribution is -0.145. The second-order valence-electron chi connectivity index (χ2n) is 11.2. The van der Waals surface area contributed by atoms with Gasteiger partial charge in [0.05, 0.1) is 19.6 Å². The van der Waals surface area contributed by atoms with Crippen LogP contribution in [0.5, 0.6) is 11.5 Å². The smallest absolute Gasteiger partial charge is 0.344 e. The van der Waals surface area contributed by atoms with Crippen LogP contribution in [0.1, 0.15) is 71.8 Å². The Kier molecular flexibility index (Phi) is 7.96. The Morgan fingerprint density at radius 3 is 2.17 bits per heavy atom. The Morgan fingerprint density at radius 2 is 1.61 bits per heavy atom. The second kappa shape index (κ2) is 10.4. The summed E-state index contributed by atoms with van der Waals surface area (Å²) in [6.45, 7) is 9.14. The summed E-state index contributed by atoms with van der Waals surface area (Å²) >= 11 is 0. The number of allylic oxidation sites excluding steroid dienone is 2. The molecular weight excluding hydrogens is 464 g/mol. The quantitative estimate of drug-likeness (QED) is 0.410. The van der Waals surface area contributed by atoms with Crippen LogP contribution in [0.2, 0.25) is 0 Å². The van der Waals surface area contributed by atoms with Gasteiger partial charge in [0.15, 0.2) is 23.9 Å². The predicted molar refractivity (Wildman–Crippen MR) is 132 cm³/mol. The summed E-state index contributed by atoms with van der Waals surface area (Å²) in [4.78, 5) is 51.7. The number of Topliss-reactive ketones (excluding diaryl/α,β-unsaturated/α-hetero) is 3. The zero-order valence-corrected chi connectivity index (χ0v) is 21.9. The molecule has 0 heterocycles. The van der Waals surface area contributed by atoms with Gasteiger partial charge in [-0.2, -0.15) is 0 Å². The summed E-state index contributed by atoms with van der Waals surface area (Å²) in [7, 11) is 1.43. The van der Waals surface area contributed by atoms with Gasteiger partial charge in [-0.1, -0.05) is 33.8 Å².